The number of hydrogen-bond donors (Lipinski definition) is 0. The summed E-state index contributed by atoms with van der Waals surface area (Å²) in [7, 11) is 0. The van der Waals surface area contributed by atoms with Gasteiger partial charge in [-0.05, 0) is 0 Å². The van der Waals surface area contributed by atoms with Crippen LogP contribution in [0.5, 0.6) is 0 Å². The van der Waals surface area contributed by atoms with Crippen LogP contribution in [0.3, 0.4) is 0 Å². The van der Waals surface area contributed by atoms with E-state index >= 15 is 0 Å². The standard InChI is InChI=1S/2C9H7.2Al.2ClH.O.Zr.4H/c2*1-2-5-9-7-3-6-8(9)4-1;;;;;;;;;;/h1,3-6H,2H2;1-7H;;;2*1H;;;;;;. The molecule has 122 valence electrons. The molecule has 1 aromatic rings. The first-order chi connectivity index (χ1) is 10.8. The summed E-state index contributed by atoms with van der Waals surface area (Å²) in [5.74, 6) is 0. The Morgan fingerprint density at radius 1 is 1.04 bits per heavy atom. The summed E-state index contributed by atoms with van der Waals surface area (Å²) < 4.78 is 6.90. The van der Waals surface area contributed by atoms with Crippen LogP contribution in [0.25, 0.3) is 6.08 Å². The predicted molar refractivity (Wildman–Crippen MR) is 109 cm³/mol. The van der Waals surface area contributed by atoms with Gasteiger partial charge in [0.1, 0.15) is 0 Å². The van der Waals surface area contributed by atoms with E-state index in [2.05, 4.69) is 69.6 Å². The van der Waals surface area contributed by atoms with Crippen LogP contribution in [0.1, 0.15) is 21.2 Å². The zero-order valence-corrected chi connectivity index (χ0v) is 22.0. The van der Waals surface area contributed by atoms with E-state index in [9.17, 15) is 0 Å². The van der Waals surface area contributed by atoms with Gasteiger partial charge in [0.15, 0.2) is 0 Å². The van der Waals surface area contributed by atoms with Gasteiger partial charge in [0.2, 0.25) is 0 Å². The summed E-state index contributed by atoms with van der Waals surface area (Å²) in [4.78, 5) is 0. The number of hydrogen-bond acceptors (Lipinski definition) is 1. The first-order valence-corrected chi connectivity index (χ1v) is 11.8. The Morgan fingerprint density at radius 3 is 2.58 bits per heavy atom. The molecule has 1 unspecified atom stereocenters. The number of rotatable bonds is 2. The van der Waals surface area contributed by atoms with Gasteiger partial charge >= 0.3 is 159 Å². The van der Waals surface area contributed by atoms with E-state index < -0.39 is 23.2 Å². The van der Waals surface area contributed by atoms with Crippen LogP contribution >= 0.6 is 24.8 Å². The van der Waals surface area contributed by atoms with Crippen molar-refractivity contribution in [2.75, 3.05) is 0 Å². The van der Waals surface area contributed by atoms with Crippen molar-refractivity contribution >= 4 is 64.1 Å². The molecule has 1 atom stereocenters. The molecule has 1 aromatic carbocycles. The minimum absolute atomic E-state index is 0. The van der Waals surface area contributed by atoms with Gasteiger partial charge < -0.3 is 2.84 Å². The minimum atomic E-state index is -0.606. The van der Waals surface area contributed by atoms with E-state index in [0.717, 1.165) is 39.7 Å². The van der Waals surface area contributed by atoms with Crippen LogP contribution in [-0.2, 0) is 26.1 Å². The maximum atomic E-state index is 4.53. The molecule has 0 radical (unpaired) electrons. The van der Waals surface area contributed by atoms with E-state index in [4.69, 9.17) is 0 Å². The Balaban J connectivity index is 0.000000539. The molecule has 3 aliphatic rings. The van der Waals surface area contributed by atoms with Crippen molar-refractivity contribution in [3.05, 3.63) is 86.3 Å². The largest absolute Gasteiger partial charge is 0.647 e. The predicted octanol–water partition coefficient (Wildman–Crippen LogP) is 3.49. The Labute approximate surface area is 184 Å². The molecule has 0 aliphatic heterocycles. The van der Waals surface area contributed by atoms with Crippen LogP contribution in [0, 0.1) is 0 Å². The Hall–Kier alpha value is 0.408. The van der Waals surface area contributed by atoms with Crippen molar-refractivity contribution in [1.29, 1.82) is 0 Å². The molecule has 0 heterocycles. The fraction of sp³-hybridized carbons (Fsp3) is 0.111. The van der Waals surface area contributed by atoms with Crippen LogP contribution in [0.2, 0.25) is 0 Å². The second-order valence-corrected chi connectivity index (χ2v) is 12.3. The van der Waals surface area contributed by atoms with Gasteiger partial charge in [0.05, 0.1) is 0 Å². The summed E-state index contributed by atoms with van der Waals surface area (Å²) in [6.45, 7) is 0. The van der Waals surface area contributed by atoms with E-state index in [0.29, 0.717) is 3.63 Å². The Morgan fingerprint density at radius 2 is 1.79 bits per heavy atom. The molecular formula is C18H20Al2Cl2OZr. The zero-order valence-electron chi connectivity index (χ0n) is 13.9. The molecule has 0 saturated heterocycles. The van der Waals surface area contributed by atoms with Gasteiger partial charge in [0.25, 0.3) is 0 Å². The van der Waals surface area contributed by atoms with Gasteiger partial charge in [-0.2, -0.15) is 0 Å². The van der Waals surface area contributed by atoms with Crippen molar-refractivity contribution in [2.45, 2.75) is 10.0 Å². The van der Waals surface area contributed by atoms with Crippen LogP contribution in [0.15, 0.2) is 75.1 Å². The van der Waals surface area contributed by atoms with Crippen LogP contribution in [-0.4, -0.2) is 33.2 Å². The molecular weight excluding hydrogens is 448 g/mol. The third-order valence-corrected chi connectivity index (χ3v) is 7.73. The molecule has 24 heavy (non-hydrogen) atoms. The Bertz CT molecular complexity index is 723. The van der Waals surface area contributed by atoms with E-state index in [1.54, 1.807) is 8.84 Å². The molecule has 6 heteroatoms. The Kier molecular flexibility index (Phi) is 10.5. The fourth-order valence-corrected chi connectivity index (χ4v) is 6.69. The average Bonchev–Trinajstić information content (AvgIpc) is 3.14. The summed E-state index contributed by atoms with van der Waals surface area (Å²) in [6, 6.07) is 8.85. The number of halogens is 2. The average molecular weight is 468 g/mol. The first kappa shape index (κ1) is 22.4. The SMILES string of the molecule is C1=CC2=CC=[C]([Zr][CH]3C=Cc4ccccc43)C2=CC1.Cl.Cl.[AlH2][O][AlH2]. The minimum Gasteiger partial charge on any atom is -0.647 e. The second kappa shape index (κ2) is 11.2. The van der Waals surface area contributed by atoms with Gasteiger partial charge in [0, 0.05) is 0 Å². The van der Waals surface area contributed by atoms with E-state index in [1.807, 2.05) is 0 Å². The second-order valence-electron chi connectivity index (χ2n) is 5.48. The van der Waals surface area contributed by atoms with Gasteiger partial charge in [-0.1, -0.05) is 0 Å². The molecule has 0 amide bonds. The van der Waals surface area contributed by atoms with E-state index in [-0.39, 0.29) is 24.8 Å². The summed E-state index contributed by atoms with van der Waals surface area (Å²) >= 11 is 1.26. The normalized spacial score (nSPS) is 18.5. The molecule has 0 bridgehead atoms. The smallest absolute Gasteiger partial charge is 0.379 e. The zero-order chi connectivity index (χ0) is 15.4. The molecule has 0 N–H and O–H groups in total. The molecule has 0 fully saturated rings. The van der Waals surface area contributed by atoms with Crippen molar-refractivity contribution in [1.82, 2.24) is 0 Å². The van der Waals surface area contributed by atoms with Crippen LogP contribution in [0.4, 0.5) is 0 Å². The van der Waals surface area contributed by atoms with Crippen molar-refractivity contribution in [2.24, 2.45) is 0 Å². The monoisotopic (exact) mass is 466 g/mol. The maximum Gasteiger partial charge on any atom is 0.379 e. The number of benzene rings is 1. The number of fused-ring (bicyclic) bond motifs is 2. The van der Waals surface area contributed by atoms with Gasteiger partial charge in [-0.15, -0.1) is 24.8 Å². The third kappa shape index (κ3) is 5.21. The van der Waals surface area contributed by atoms with Crippen molar-refractivity contribution in [3.63, 3.8) is 0 Å². The summed E-state index contributed by atoms with van der Waals surface area (Å²) in [5, 5.41) is 0. The first-order valence-electron chi connectivity index (χ1n) is 7.56. The molecule has 0 saturated carbocycles. The fourth-order valence-electron chi connectivity index (χ4n) is 2.93. The molecule has 3 aliphatic carbocycles. The van der Waals surface area contributed by atoms with Gasteiger partial charge in [-0.25, -0.2) is 0 Å². The maximum absolute atomic E-state index is 4.53. The quantitative estimate of drug-likeness (QED) is 0.604. The summed E-state index contributed by atoms with van der Waals surface area (Å²) in [6.07, 6.45) is 17.4. The van der Waals surface area contributed by atoms with Gasteiger partial charge in [-0.3, -0.25) is 0 Å². The van der Waals surface area contributed by atoms with Crippen molar-refractivity contribution in [3.8, 4) is 0 Å². The van der Waals surface area contributed by atoms with Crippen molar-refractivity contribution < 1.29 is 26.1 Å². The molecule has 4 rings (SSSR count). The third-order valence-electron chi connectivity index (χ3n) is 3.90. The topological polar surface area (TPSA) is 9.23 Å². The number of allylic oxidation sites excluding steroid dienone is 9. The van der Waals surface area contributed by atoms with Crippen LogP contribution < -0.4 is 0 Å². The van der Waals surface area contributed by atoms with E-state index in [1.165, 1.54) is 16.7 Å². The summed E-state index contributed by atoms with van der Waals surface area (Å²) in [5.41, 5.74) is 5.94. The molecule has 1 nitrogen and oxygen atoms in total. The molecule has 0 aromatic heterocycles. The molecule has 0 spiro atoms.